The number of hydrogen-bond donors (Lipinski definition) is 2. The van der Waals surface area contributed by atoms with Gasteiger partial charge in [0.15, 0.2) is 11.6 Å². The first-order chi connectivity index (χ1) is 6.68. The maximum atomic E-state index is 9.00. The monoisotopic (exact) mass is 191 g/mol. The number of hydrogen-bond acceptors (Lipinski definition) is 5. The van der Waals surface area contributed by atoms with Crippen molar-refractivity contribution in [2.45, 2.75) is 0 Å². The minimum atomic E-state index is 0.0243. The van der Waals surface area contributed by atoms with E-state index in [0.717, 1.165) is 0 Å². The maximum absolute atomic E-state index is 9.00. The van der Waals surface area contributed by atoms with E-state index >= 15 is 0 Å². The highest BCUT2D eigenvalue weighted by Crippen LogP contribution is 2.21. The van der Waals surface area contributed by atoms with Gasteiger partial charge < -0.3 is 10.8 Å². The fourth-order valence-electron chi connectivity index (χ4n) is 1.08. The molecule has 2 aromatic rings. The summed E-state index contributed by atoms with van der Waals surface area (Å²) in [6.07, 6.45) is 4.21. The van der Waals surface area contributed by atoms with Crippen LogP contribution in [-0.4, -0.2) is 24.9 Å². The van der Waals surface area contributed by atoms with E-state index in [1.807, 2.05) is 0 Å². The summed E-state index contributed by atoms with van der Waals surface area (Å²) in [5.41, 5.74) is 6.39. The molecule has 14 heavy (non-hydrogen) atoms. The van der Waals surface area contributed by atoms with Gasteiger partial charge in [0, 0.05) is 7.05 Å². The molecule has 0 aliphatic rings. The Labute approximate surface area is 80.0 Å². The van der Waals surface area contributed by atoms with E-state index in [-0.39, 0.29) is 5.75 Å². The van der Waals surface area contributed by atoms with Crippen molar-refractivity contribution in [1.82, 2.24) is 19.7 Å². The minimum Gasteiger partial charge on any atom is -0.505 e. The molecule has 0 aromatic carbocycles. The molecule has 0 unspecified atom stereocenters. The fourth-order valence-corrected chi connectivity index (χ4v) is 1.08. The molecule has 0 bridgehead atoms. The van der Waals surface area contributed by atoms with Crippen molar-refractivity contribution in [3.8, 4) is 17.1 Å². The number of nitrogen functional groups attached to an aromatic ring is 1. The average molecular weight is 191 g/mol. The van der Waals surface area contributed by atoms with Gasteiger partial charge in [-0.25, -0.2) is 9.97 Å². The van der Waals surface area contributed by atoms with Gasteiger partial charge in [0.1, 0.15) is 5.82 Å². The van der Waals surface area contributed by atoms with Gasteiger partial charge in [-0.3, -0.25) is 4.68 Å². The molecular weight excluding hydrogens is 182 g/mol. The van der Waals surface area contributed by atoms with Crippen LogP contribution in [-0.2, 0) is 7.05 Å². The zero-order valence-electron chi connectivity index (χ0n) is 7.55. The fraction of sp³-hybridized carbons (Fsp3) is 0.125. The summed E-state index contributed by atoms with van der Waals surface area (Å²) in [5, 5.41) is 13.0. The van der Waals surface area contributed by atoms with Crippen LogP contribution in [0, 0.1) is 0 Å². The number of rotatable bonds is 1. The second kappa shape index (κ2) is 2.99. The zero-order chi connectivity index (χ0) is 10.1. The number of aromatic hydroxyl groups is 1. The zero-order valence-corrected chi connectivity index (χ0v) is 7.55. The van der Waals surface area contributed by atoms with Crippen molar-refractivity contribution < 1.29 is 5.11 Å². The van der Waals surface area contributed by atoms with Crippen molar-refractivity contribution in [1.29, 1.82) is 0 Å². The summed E-state index contributed by atoms with van der Waals surface area (Å²) in [6.45, 7) is 0. The lowest BCUT2D eigenvalue weighted by Crippen LogP contribution is -1.99. The normalized spacial score (nSPS) is 10.4. The molecule has 6 nitrogen and oxygen atoms in total. The molecule has 0 amide bonds. The Hall–Kier alpha value is -2.11. The lowest BCUT2D eigenvalue weighted by molar-refractivity contribution is 0.470. The van der Waals surface area contributed by atoms with Crippen LogP contribution in [0.2, 0.25) is 0 Å². The first-order valence-electron chi connectivity index (χ1n) is 3.97. The molecule has 0 aliphatic heterocycles. The molecule has 3 N–H and O–H groups in total. The predicted octanol–water partition coefficient (Wildman–Crippen LogP) is 0.165. The third-order valence-corrected chi connectivity index (χ3v) is 1.86. The highest BCUT2D eigenvalue weighted by molar-refractivity contribution is 5.67. The van der Waals surface area contributed by atoms with E-state index in [0.29, 0.717) is 17.2 Å². The second-order valence-electron chi connectivity index (χ2n) is 2.83. The van der Waals surface area contributed by atoms with Crippen LogP contribution in [0.4, 0.5) is 5.82 Å². The van der Waals surface area contributed by atoms with Gasteiger partial charge in [-0.1, -0.05) is 0 Å². The Morgan fingerprint density at radius 3 is 2.43 bits per heavy atom. The van der Waals surface area contributed by atoms with Crippen molar-refractivity contribution in [3.05, 3.63) is 18.6 Å². The third kappa shape index (κ3) is 1.26. The standard InChI is InChI=1S/C8H9N5O/c1-13-7(9)6(4-12-13)8-10-2-5(14)3-11-8/h2-4,14H,9H2,1H3. The van der Waals surface area contributed by atoms with Gasteiger partial charge in [-0.2, -0.15) is 5.10 Å². The van der Waals surface area contributed by atoms with Crippen LogP contribution < -0.4 is 5.73 Å². The lowest BCUT2D eigenvalue weighted by Gasteiger charge is -1.98. The largest absolute Gasteiger partial charge is 0.505 e. The van der Waals surface area contributed by atoms with Gasteiger partial charge >= 0.3 is 0 Å². The van der Waals surface area contributed by atoms with E-state index in [9.17, 15) is 0 Å². The van der Waals surface area contributed by atoms with Crippen LogP contribution in [0.15, 0.2) is 18.6 Å². The number of nitrogens with zero attached hydrogens (tertiary/aromatic N) is 4. The third-order valence-electron chi connectivity index (χ3n) is 1.86. The average Bonchev–Trinajstić information content (AvgIpc) is 2.50. The van der Waals surface area contributed by atoms with Crippen LogP contribution >= 0.6 is 0 Å². The molecule has 72 valence electrons. The maximum Gasteiger partial charge on any atom is 0.164 e. The van der Waals surface area contributed by atoms with Gasteiger partial charge in [-0.15, -0.1) is 0 Å². The molecule has 6 heteroatoms. The van der Waals surface area contributed by atoms with Crippen molar-refractivity contribution in [2.75, 3.05) is 5.73 Å². The quantitative estimate of drug-likeness (QED) is 0.670. The van der Waals surface area contributed by atoms with E-state index in [4.69, 9.17) is 10.8 Å². The highest BCUT2D eigenvalue weighted by atomic mass is 16.3. The minimum absolute atomic E-state index is 0.0243. The molecule has 0 spiro atoms. The van der Waals surface area contributed by atoms with Crippen molar-refractivity contribution in [2.24, 2.45) is 7.05 Å². The number of anilines is 1. The Morgan fingerprint density at radius 1 is 1.29 bits per heavy atom. The van der Waals surface area contributed by atoms with Crippen molar-refractivity contribution >= 4 is 5.82 Å². The predicted molar refractivity (Wildman–Crippen MR) is 50.3 cm³/mol. The summed E-state index contributed by atoms with van der Waals surface area (Å²) >= 11 is 0. The Balaban J connectivity index is 2.49. The van der Waals surface area contributed by atoms with Gasteiger partial charge in [0.2, 0.25) is 0 Å². The molecule has 0 saturated carbocycles. The van der Waals surface area contributed by atoms with E-state index in [2.05, 4.69) is 15.1 Å². The molecule has 0 radical (unpaired) electrons. The number of aryl methyl sites for hydroxylation is 1. The molecule has 0 saturated heterocycles. The molecule has 0 atom stereocenters. The first kappa shape index (κ1) is 8.49. The lowest BCUT2D eigenvalue weighted by atomic mass is 10.3. The Morgan fingerprint density at radius 2 is 1.93 bits per heavy atom. The Bertz CT molecular complexity index is 447. The summed E-state index contributed by atoms with van der Waals surface area (Å²) in [6, 6.07) is 0. The summed E-state index contributed by atoms with van der Waals surface area (Å²) in [7, 11) is 1.74. The van der Waals surface area contributed by atoms with Crippen LogP contribution in [0.25, 0.3) is 11.4 Å². The topological polar surface area (TPSA) is 89.8 Å². The van der Waals surface area contributed by atoms with Gasteiger partial charge in [0.25, 0.3) is 0 Å². The summed E-state index contributed by atoms with van der Waals surface area (Å²) in [5.74, 6) is 0.973. The second-order valence-corrected chi connectivity index (χ2v) is 2.83. The molecule has 2 heterocycles. The van der Waals surface area contributed by atoms with Gasteiger partial charge in [-0.05, 0) is 0 Å². The van der Waals surface area contributed by atoms with Crippen molar-refractivity contribution in [3.63, 3.8) is 0 Å². The van der Waals surface area contributed by atoms with E-state index in [1.165, 1.54) is 17.1 Å². The van der Waals surface area contributed by atoms with Crippen LogP contribution in [0.3, 0.4) is 0 Å². The van der Waals surface area contributed by atoms with E-state index < -0.39 is 0 Å². The number of nitrogens with two attached hydrogens (primary N) is 1. The first-order valence-corrected chi connectivity index (χ1v) is 3.97. The molecule has 0 fully saturated rings. The SMILES string of the molecule is Cn1ncc(-c2ncc(O)cn2)c1N. The summed E-state index contributed by atoms with van der Waals surface area (Å²) < 4.78 is 1.53. The van der Waals surface area contributed by atoms with Crippen LogP contribution in [0.5, 0.6) is 5.75 Å². The molecule has 2 aromatic heterocycles. The molecule has 0 aliphatic carbocycles. The Kier molecular flexibility index (Phi) is 1.81. The van der Waals surface area contributed by atoms with Gasteiger partial charge in [0.05, 0.1) is 24.2 Å². The molecule has 2 rings (SSSR count). The molecular formula is C8H9N5O. The smallest absolute Gasteiger partial charge is 0.164 e. The number of aromatic nitrogens is 4. The van der Waals surface area contributed by atoms with Crippen LogP contribution in [0.1, 0.15) is 0 Å². The summed E-state index contributed by atoms with van der Waals surface area (Å²) in [4.78, 5) is 7.86. The van der Waals surface area contributed by atoms with E-state index in [1.54, 1.807) is 13.2 Å². The highest BCUT2D eigenvalue weighted by Gasteiger charge is 2.09.